The first-order chi connectivity index (χ1) is 48.1. The van der Waals surface area contributed by atoms with Gasteiger partial charge in [-0.1, -0.05) is 114 Å². The summed E-state index contributed by atoms with van der Waals surface area (Å²) in [6, 6.07) is 16.3. The van der Waals surface area contributed by atoms with E-state index in [0.717, 1.165) is 231 Å². The number of methoxy groups -OCH3 is 2. The van der Waals surface area contributed by atoms with E-state index in [1.54, 1.807) is 0 Å². The van der Waals surface area contributed by atoms with Gasteiger partial charge in [-0.05, 0) is 180 Å². The van der Waals surface area contributed by atoms with Crippen LogP contribution in [0.4, 0.5) is 19.2 Å². The third-order valence-electron chi connectivity index (χ3n) is 18.3. The van der Waals surface area contributed by atoms with Gasteiger partial charge in [0.2, 0.25) is 11.8 Å². The summed E-state index contributed by atoms with van der Waals surface area (Å²) in [4.78, 5) is 100. The molecule has 4 saturated heterocycles. The van der Waals surface area contributed by atoms with Crippen LogP contribution in [0.1, 0.15) is 253 Å². The Hall–Kier alpha value is -5.98. The molecule has 4 aliphatic rings. The number of nitrogens with zero attached hydrogens (tertiary/aromatic N) is 2. The maximum absolute atomic E-state index is 12.4. The second kappa shape index (κ2) is 48.1. The molecular weight excluding hydrogens is 1310 g/mol. The van der Waals surface area contributed by atoms with E-state index in [9.17, 15) is 38.4 Å². The third kappa shape index (κ3) is 36.8. The number of amides is 8. The lowest BCUT2D eigenvalue weighted by Gasteiger charge is -2.23. The van der Waals surface area contributed by atoms with E-state index in [4.69, 9.17) is 18.9 Å². The van der Waals surface area contributed by atoms with E-state index in [-0.39, 0.29) is 72.2 Å². The highest BCUT2D eigenvalue weighted by Crippen LogP contribution is 2.34. The molecule has 0 bridgehead atoms. The van der Waals surface area contributed by atoms with E-state index in [1.165, 1.54) is 25.3 Å². The van der Waals surface area contributed by atoms with Gasteiger partial charge in [-0.15, -0.1) is 0 Å². The average molecular weight is 1440 g/mol. The Morgan fingerprint density at radius 1 is 0.420 bits per heavy atom. The van der Waals surface area contributed by atoms with E-state index < -0.39 is 11.2 Å². The van der Waals surface area contributed by atoms with E-state index in [0.29, 0.717) is 47.6 Å². The van der Waals surface area contributed by atoms with Crippen LogP contribution in [0.25, 0.3) is 0 Å². The Balaban J connectivity index is 0.000000381. The van der Waals surface area contributed by atoms with Crippen LogP contribution in [-0.4, -0.2) is 182 Å². The van der Waals surface area contributed by atoms with Gasteiger partial charge in [-0.3, -0.25) is 19.4 Å². The maximum atomic E-state index is 12.4. The number of thioether (sulfide) groups is 2. The topological polar surface area (TPSA) is 276 Å². The fourth-order valence-electron chi connectivity index (χ4n) is 12.9. The first kappa shape index (κ1) is 84.7. The molecule has 564 valence electrons. The molecule has 2 aromatic rings. The Morgan fingerprint density at radius 3 is 1.05 bits per heavy atom. The molecule has 24 heteroatoms. The van der Waals surface area contributed by atoms with E-state index in [2.05, 4.69) is 52.3 Å². The van der Waals surface area contributed by atoms with Crippen LogP contribution in [0.2, 0.25) is 0 Å². The van der Waals surface area contributed by atoms with Crippen molar-refractivity contribution in [2.75, 3.05) is 78.1 Å². The van der Waals surface area contributed by atoms with Gasteiger partial charge in [0.1, 0.15) is 11.2 Å². The zero-order chi connectivity index (χ0) is 72.4. The van der Waals surface area contributed by atoms with Gasteiger partial charge in [0, 0.05) is 74.1 Å². The first-order valence-electron chi connectivity index (χ1n) is 37.7. The zero-order valence-electron chi connectivity index (χ0n) is 62.0. The van der Waals surface area contributed by atoms with Crippen molar-refractivity contribution in [3.63, 3.8) is 0 Å². The lowest BCUT2D eigenvalue weighted by atomic mass is 10.0. The molecule has 100 heavy (non-hydrogen) atoms. The summed E-state index contributed by atoms with van der Waals surface area (Å²) in [5.41, 5.74) is 2.56. The fourth-order valence-corrected chi connectivity index (χ4v) is 16.0. The quantitative estimate of drug-likeness (QED) is 0.0132. The fraction of sp³-hybridized carbons (Fsp3) is 0.737. The number of urea groups is 2. The van der Waals surface area contributed by atoms with Crippen LogP contribution in [0.15, 0.2) is 48.5 Å². The lowest BCUT2D eigenvalue weighted by molar-refractivity contribution is -0.122. The number of nitrogens with one attached hydrogen (secondary N) is 8. The van der Waals surface area contributed by atoms with Crippen molar-refractivity contribution >= 4 is 71.5 Å². The molecule has 6 rings (SSSR count). The van der Waals surface area contributed by atoms with Gasteiger partial charge >= 0.3 is 36.2 Å². The Morgan fingerprint density at radius 2 is 0.730 bits per heavy atom. The summed E-state index contributed by atoms with van der Waals surface area (Å²) in [5.74, 6) is 1.59. The van der Waals surface area contributed by atoms with Crippen molar-refractivity contribution in [3.8, 4) is 0 Å². The predicted molar refractivity (Wildman–Crippen MR) is 401 cm³/mol. The van der Waals surface area contributed by atoms with Crippen molar-refractivity contribution < 1.29 is 57.3 Å². The van der Waals surface area contributed by atoms with Crippen molar-refractivity contribution in [1.29, 1.82) is 0 Å². The van der Waals surface area contributed by atoms with Gasteiger partial charge in [-0.25, -0.2) is 28.8 Å². The van der Waals surface area contributed by atoms with Crippen molar-refractivity contribution in [3.05, 3.63) is 70.8 Å². The lowest BCUT2D eigenvalue weighted by Crippen LogP contribution is -2.36. The highest BCUT2D eigenvalue weighted by Gasteiger charge is 2.43. The molecule has 8 N–H and O–H groups in total. The smallest absolute Gasteiger partial charge is 0.407 e. The van der Waals surface area contributed by atoms with Crippen LogP contribution in [0, 0.1) is 0 Å². The minimum Gasteiger partial charge on any atom is -0.465 e. The average Bonchev–Trinajstić information content (AvgIpc) is 1.67. The number of hydrogen-bond donors (Lipinski definition) is 8. The number of unbranched alkanes of at least 4 members (excludes halogenated alkanes) is 18. The number of carbonyl (C=O) groups excluding carboxylic acids is 8. The van der Waals surface area contributed by atoms with Gasteiger partial charge in [0.05, 0.1) is 49.5 Å². The summed E-state index contributed by atoms with van der Waals surface area (Å²) in [7, 11) is 2.80. The Labute approximate surface area is 607 Å². The number of carbonyl (C=O) groups is 8. The number of hydrogen-bond acceptors (Lipinski definition) is 16. The molecule has 4 aliphatic heterocycles. The van der Waals surface area contributed by atoms with Crippen LogP contribution in [0.5, 0.6) is 0 Å². The number of esters is 2. The second-order valence-electron chi connectivity index (χ2n) is 29.3. The minimum atomic E-state index is -0.472. The molecule has 8 amide bonds. The number of alkyl carbamates (subject to hydrolysis) is 2. The first-order valence-corrected chi connectivity index (χ1v) is 39.8. The van der Waals surface area contributed by atoms with Crippen molar-refractivity contribution in [1.82, 2.24) is 52.3 Å². The molecule has 0 radical (unpaired) electrons. The van der Waals surface area contributed by atoms with Gasteiger partial charge in [0.25, 0.3) is 0 Å². The summed E-state index contributed by atoms with van der Waals surface area (Å²) in [5, 5.41) is 24.8. The monoisotopic (exact) mass is 1430 g/mol. The molecule has 4 heterocycles. The minimum absolute atomic E-state index is 0.0475. The third-order valence-corrected chi connectivity index (χ3v) is 21.3. The largest absolute Gasteiger partial charge is 0.465 e. The van der Waals surface area contributed by atoms with E-state index in [1.807, 2.05) is 114 Å². The van der Waals surface area contributed by atoms with Gasteiger partial charge in [-0.2, -0.15) is 23.5 Å². The summed E-state index contributed by atoms with van der Waals surface area (Å²) >= 11 is 3.85. The zero-order valence-corrected chi connectivity index (χ0v) is 63.6. The van der Waals surface area contributed by atoms with Crippen LogP contribution < -0.4 is 42.5 Å². The number of fused-ring (bicyclic) bond motifs is 2. The second-order valence-corrected chi connectivity index (χ2v) is 31.8. The summed E-state index contributed by atoms with van der Waals surface area (Å²) < 4.78 is 20.2. The normalized spacial score (nSPS) is 18.3. The van der Waals surface area contributed by atoms with Gasteiger partial charge < -0.3 is 61.5 Å². The molecule has 0 saturated carbocycles. The van der Waals surface area contributed by atoms with Crippen LogP contribution in [0.3, 0.4) is 0 Å². The van der Waals surface area contributed by atoms with E-state index >= 15 is 0 Å². The van der Waals surface area contributed by atoms with Crippen molar-refractivity contribution in [2.24, 2.45) is 0 Å². The molecule has 2 aromatic carbocycles. The van der Waals surface area contributed by atoms with Crippen molar-refractivity contribution in [2.45, 2.75) is 280 Å². The number of ether oxygens (including phenoxy) is 4. The Kier molecular flexibility index (Phi) is 40.7. The molecule has 6 unspecified atom stereocenters. The number of benzene rings is 2. The number of rotatable bonds is 48. The summed E-state index contributed by atoms with van der Waals surface area (Å²) in [6.07, 6.45) is 28.3. The molecule has 0 spiro atoms. The molecular formula is C76H126N10O12S2. The van der Waals surface area contributed by atoms with Gasteiger partial charge in [0.15, 0.2) is 0 Å². The highest BCUT2D eigenvalue weighted by molar-refractivity contribution is 8.00. The summed E-state index contributed by atoms with van der Waals surface area (Å²) in [6.45, 7) is 19.7. The highest BCUT2D eigenvalue weighted by atomic mass is 32.2. The molecule has 22 nitrogen and oxygen atoms in total. The molecule has 6 atom stereocenters. The SMILES string of the molecule is COC(=O)c1ccc(CN(CCCCCCCNC(=O)CCCCC2SCC3NC(=O)NC32)CCCCCCCNC(=O)CCCCC2SCC3NC(=O)NC32)cc1.COC(=O)c1ccc(CN(CCCCCCCNC(=O)OC(C)(C)C)CCCCCCCNC(=O)OC(C)(C)C)cc1. The standard InChI is InChI=1S/C43H69N7O6S2.C33H57N3O6/c1-56-41(53)32-22-20-31(21-23-32)28-50(26-14-6-2-4-12-24-44-37(51)18-10-8-16-35-39-33(29-57-35)46-42(54)48-39)27-15-7-3-5-13-25-45-38(52)19-11-9-17-36-40-34(30-58-36)47-43(55)49-40;1-32(2,3)41-30(38)34-22-14-10-8-12-16-24-36(26-27-18-20-28(21-19-27)29(37)40-7)25-17-13-9-11-15-23-35-31(39)42-33(4,5)6/h20-23,33-36,39-40H,2-19,24-30H2,1H3,(H,44,51)(H,45,52)(H2,46,48,54)(H2,47,49,55);18-21H,8-17,22-26H2,1-7H3,(H,34,38)(H,35,39). The molecule has 0 aliphatic carbocycles. The van der Waals surface area contributed by atoms with Crippen LogP contribution >= 0.6 is 23.5 Å². The predicted octanol–water partition coefficient (Wildman–Crippen LogP) is 13.1. The maximum Gasteiger partial charge on any atom is 0.407 e. The molecule has 0 aromatic heterocycles. The Bertz CT molecular complexity index is 2600. The molecule has 4 fully saturated rings. The van der Waals surface area contributed by atoms with Crippen LogP contribution in [-0.2, 0) is 41.6 Å².